The van der Waals surface area contributed by atoms with Crippen molar-refractivity contribution in [2.45, 2.75) is 142 Å². The van der Waals surface area contributed by atoms with Gasteiger partial charge in [-0.25, -0.2) is 42.9 Å². The monoisotopic (exact) mass is 1420 g/mol. The van der Waals surface area contributed by atoms with E-state index < -0.39 is 78.3 Å². The minimum Gasteiger partial charge on any atom is -0.470 e. The second kappa shape index (κ2) is 28.9. The number of fused-ring (bicyclic) bond motifs is 4. The maximum Gasteiger partial charge on any atom is 0.494 e. The second-order valence-corrected chi connectivity index (χ2v) is 34.3. The van der Waals surface area contributed by atoms with E-state index in [2.05, 4.69) is 85.8 Å². The smallest absolute Gasteiger partial charge is 0.470 e. The van der Waals surface area contributed by atoms with Crippen molar-refractivity contribution < 1.29 is 65.7 Å². The van der Waals surface area contributed by atoms with Crippen LogP contribution in [0.2, 0.25) is 25.7 Å². The Labute approximate surface area is 548 Å². The van der Waals surface area contributed by atoms with Crippen LogP contribution < -0.4 is 14.9 Å². The predicted octanol–water partition coefficient (Wildman–Crippen LogP) is 11.4. The average molecular weight is 1420 g/mol. The molecule has 0 amide bonds. The van der Waals surface area contributed by atoms with Crippen molar-refractivity contribution in [2.24, 2.45) is 4.36 Å². The van der Waals surface area contributed by atoms with Crippen LogP contribution in [0.25, 0.3) is 56.0 Å². The Balaban J connectivity index is 0.000000204. The van der Waals surface area contributed by atoms with Crippen molar-refractivity contribution in [1.29, 1.82) is 0 Å². The number of nitrogens with zero attached hydrogens (tertiary/aromatic N) is 8. The van der Waals surface area contributed by atoms with Gasteiger partial charge in [-0.2, -0.15) is 4.36 Å². The fourth-order valence-corrected chi connectivity index (χ4v) is 12.2. The lowest BCUT2D eigenvalue weighted by molar-refractivity contribution is 0.00478. The lowest BCUT2D eigenvalue weighted by Crippen LogP contribution is -2.41. The molecule has 490 valence electrons. The summed E-state index contributed by atoms with van der Waals surface area (Å²) >= 11 is 6.30. The van der Waals surface area contributed by atoms with Gasteiger partial charge in [-0.3, -0.25) is 4.57 Å². The number of benzene rings is 2. The largest absolute Gasteiger partial charge is 0.494 e. The molecule has 0 bridgehead atoms. The number of rotatable bonds is 14. The first-order valence-electron chi connectivity index (χ1n) is 28.6. The molecule has 11 heterocycles. The Bertz CT molecular complexity index is 3880. The van der Waals surface area contributed by atoms with Crippen LogP contribution in [0, 0.1) is 11.6 Å². The van der Waals surface area contributed by atoms with E-state index in [9.17, 15) is 18.8 Å². The second-order valence-electron chi connectivity index (χ2n) is 24.5. The van der Waals surface area contributed by atoms with Crippen molar-refractivity contribution in [1.82, 2.24) is 39.5 Å². The van der Waals surface area contributed by atoms with Gasteiger partial charge in [-0.05, 0) is 71.1 Å². The van der Waals surface area contributed by atoms with Crippen LogP contribution in [0.4, 0.5) is 14.5 Å². The van der Waals surface area contributed by atoms with E-state index in [0.29, 0.717) is 74.4 Å². The summed E-state index contributed by atoms with van der Waals surface area (Å²) < 4.78 is 103. The summed E-state index contributed by atoms with van der Waals surface area (Å²) in [4.78, 5) is 28.5. The molecule has 0 unspecified atom stereocenters. The average Bonchev–Trinajstić information content (AvgIpc) is 1.68. The Kier molecular flexibility index (Phi) is 22.6. The fourth-order valence-electron chi connectivity index (χ4n) is 10.4. The van der Waals surface area contributed by atoms with E-state index in [1.54, 1.807) is 65.9 Å². The zero-order valence-corrected chi connectivity index (χ0v) is 54.8. The van der Waals surface area contributed by atoms with Crippen molar-refractivity contribution in [3.05, 3.63) is 118 Å². The maximum atomic E-state index is 15.7. The van der Waals surface area contributed by atoms with Crippen molar-refractivity contribution in [3.8, 4) is 45.7 Å². The molecule has 0 saturated carbocycles. The number of aromatic nitrogens is 8. The number of ether oxygens (including phenoxy) is 7. The first kappa shape index (κ1) is 71.1. The van der Waals surface area contributed by atoms with E-state index >= 15 is 4.39 Å². The minimum absolute atomic E-state index is 0. The van der Waals surface area contributed by atoms with Crippen molar-refractivity contribution >= 4 is 90.0 Å². The fraction of sp³-hybridized carbons (Fsp3) is 0.460. The van der Waals surface area contributed by atoms with Gasteiger partial charge in [0.05, 0.1) is 76.6 Å². The Hall–Kier alpha value is -5.73. The molecular formula is C63H80BBr2F2N9O12SSi. The number of hydrogen-bond acceptors (Lipinski definition) is 19. The van der Waals surface area contributed by atoms with Crippen LogP contribution in [0.15, 0.2) is 111 Å². The molecule has 2 aromatic carbocycles. The molecule has 6 aromatic heterocycles. The van der Waals surface area contributed by atoms with E-state index in [0.717, 1.165) is 21.5 Å². The molecule has 5 aliphatic heterocycles. The molecule has 3 N–H and O–H groups in total. The molecule has 0 aliphatic carbocycles. The number of H-pyrrole nitrogens is 1. The van der Waals surface area contributed by atoms with Gasteiger partial charge in [0.25, 0.3) is 0 Å². The standard InChI is InChI=1S/C31H42BFN2O7Si.C25H24FN5O5S.C4H2Br2N2.3CH4/c1-30(2)31(3,4)42-32(41-30)20-10-8-19(9-11-20)27-21(33)14-23-22(34-27)15-26(35(23)18-37-12-13-43(5,6)7)40-25-17-39-28-24(36)16-38-29(25)28;1-37(2,33)31-15-9-27-25(28-10-15)14-5-3-13(4-6-14)22-16(26)7-17-18(30-22)8-21(29-17)36-20-12-35-23-19(32)11-34-24(20)23;5-3-1-7-4(6)8-2-3;;;/h8-11,14-15,24-25,28-29,36H,12-13,16-18H2,1-7H3;3-10,19-20,23-24,29,32H,11-12H2,1-2H3;1-2H;3*1H4/t24-,25-,28-,29-;19-,20-,23-,24-;;;;/m11..../s1. The van der Waals surface area contributed by atoms with E-state index in [4.69, 9.17) is 47.5 Å². The molecule has 21 nitrogen and oxygen atoms in total. The Morgan fingerprint density at radius 1 is 0.703 bits per heavy atom. The lowest BCUT2D eigenvalue weighted by atomic mass is 9.79. The van der Waals surface area contributed by atoms with Gasteiger partial charge in [-0.1, -0.05) is 90.5 Å². The van der Waals surface area contributed by atoms with Gasteiger partial charge in [0.2, 0.25) is 0 Å². The summed E-state index contributed by atoms with van der Waals surface area (Å²) in [6, 6.07) is 21.9. The number of nitrogens with one attached hydrogen (secondary N) is 1. The molecular weight excluding hydrogens is 1340 g/mol. The summed E-state index contributed by atoms with van der Waals surface area (Å²) in [5, 5.41) is 20.1. The predicted molar refractivity (Wildman–Crippen MR) is 357 cm³/mol. The van der Waals surface area contributed by atoms with Gasteiger partial charge in [0.1, 0.15) is 60.4 Å². The summed E-state index contributed by atoms with van der Waals surface area (Å²) in [7, 11) is -4.09. The summed E-state index contributed by atoms with van der Waals surface area (Å²) in [6.45, 7) is 16.7. The van der Waals surface area contributed by atoms with Gasteiger partial charge in [-0.15, -0.1) is 0 Å². The van der Waals surface area contributed by atoms with Crippen LogP contribution in [0.1, 0.15) is 50.0 Å². The highest BCUT2D eigenvalue weighted by Gasteiger charge is 2.52. The summed E-state index contributed by atoms with van der Waals surface area (Å²) in [5.74, 6) is 0.447. The minimum atomic E-state index is -2.30. The number of aliphatic hydroxyl groups excluding tert-OH is 2. The molecule has 0 spiro atoms. The van der Waals surface area contributed by atoms with Crippen LogP contribution in [-0.4, -0.2) is 175 Å². The van der Waals surface area contributed by atoms with Crippen LogP contribution >= 0.6 is 31.9 Å². The Morgan fingerprint density at radius 3 is 1.77 bits per heavy atom. The molecule has 8 aromatic rings. The molecule has 5 fully saturated rings. The lowest BCUT2D eigenvalue weighted by Gasteiger charge is -2.32. The highest BCUT2D eigenvalue weighted by molar-refractivity contribution is 9.10. The number of pyridine rings is 2. The van der Waals surface area contributed by atoms with E-state index in [1.165, 1.54) is 24.5 Å². The maximum absolute atomic E-state index is 15.7. The summed E-state index contributed by atoms with van der Waals surface area (Å²) in [5.41, 5.74) is 5.01. The third-order valence-electron chi connectivity index (χ3n) is 15.7. The molecule has 91 heavy (non-hydrogen) atoms. The van der Waals surface area contributed by atoms with Gasteiger partial charge in [0.15, 0.2) is 46.2 Å². The van der Waals surface area contributed by atoms with Crippen molar-refractivity contribution in [3.63, 3.8) is 0 Å². The van der Waals surface area contributed by atoms with Gasteiger partial charge in [0, 0.05) is 90.3 Å². The molecule has 8 atom stereocenters. The van der Waals surface area contributed by atoms with E-state index in [1.807, 2.05) is 52.0 Å². The Morgan fingerprint density at radius 2 is 1.22 bits per heavy atom. The SMILES string of the molecule is Brc1cnc(Br)nc1.C.C.C.CC1(C)OB(c2ccc(-c3nc4cc(O[C@@H]5CO[C@H]6[C@@H]5OC[C@H]6O)n(COCC[Si](C)(C)C)c4cc3F)cc2)OC1(C)C.CS(C)(=O)=Nc1cnc(-c2ccc(-c3nc4cc(O[C@@H]5CO[C@H]6[C@@H]5OC[C@H]6O)[nH]c4cc3F)cc2)nc1. The zero-order valence-electron chi connectivity index (χ0n) is 49.9. The summed E-state index contributed by atoms with van der Waals surface area (Å²) in [6.07, 6.45) is 5.79. The first-order valence-corrected chi connectivity index (χ1v) is 36.2. The number of halogens is 4. The van der Waals surface area contributed by atoms with Crippen molar-refractivity contribution in [2.75, 3.05) is 45.5 Å². The highest BCUT2D eigenvalue weighted by atomic mass is 79.9. The normalized spacial score (nSPS) is 22.8. The van der Waals surface area contributed by atoms with E-state index in [-0.39, 0.29) is 78.5 Å². The number of aromatic amines is 1. The van der Waals surface area contributed by atoms with Crippen LogP contribution in [-0.2, 0) is 49.5 Å². The van der Waals surface area contributed by atoms with Gasteiger partial charge >= 0.3 is 7.12 Å². The zero-order chi connectivity index (χ0) is 62.5. The quantitative estimate of drug-likeness (QED) is 0.0520. The first-order chi connectivity index (χ1) is 41.7. The van der Waals surface area contributed by atoms with Gasteiger partial charge < -0.3 is 57.7 Å². The highest BCUT2D eigenvalue weighted by Crippen LogP contribution is 2.39. The molecule has 5 aliphatic rings. The van der Waals surface area contributed by atoms with Crippen LogP contribution in [0.5, 0.6) is 11.8 Å². The topological polar surface area (TPSA) is 251 Å². The third-order valence-corrected chi connectivity index (χ3v) is 18.9. The van der Waals surface area contributed by atoms with Crippen LogP contribution in [0.3, 0.4) is 0 Å². The third kappa shape index (κ3) is 16.4. The molecule has 0 radical (unpaired) electrons. The molecule has 28 heteroatoms. The molecule has 13 rings (SSSR count). The number of hydrogen-bond donors (Lipinski definition) is 3. The number of aliphatic hydroxyl groups is 2. The molecule has 5 saturated heterocycles.